The maximum absolute atomic E-state index is 5.41. The first-order valence-corrected chi connectivity index (χ1v) is 5.37. The molecule has 1 aromatic heterocycles. The molecule has 0 atom stereocenters. The minimum absolute atomic E-state index is 0.421. The molecule has 2 N–H and O–H groups in total. The highest BCUT2D eigenvalue weighted by atomic mass is 15.3. The number of hydrogen-bond donors (Lipinski definition) is 1. The molecule has 0 aliphatic carbocycles. The summed E-state index contributed by atoms with van der Waals surface area (Å²) in [6.45, 7) is 4.97. The van der Waals surface area contributed by atoms with Gasteiger partial charge in [-0.2, -0.15) is 5.10 Å². The fraction of sp³-hybridized carbons (Fsp3) is 0.583. The lowest BCUT2D eigenvalue weighted by Crippen LogP contribution is -1.96. The van der Waals surface area contributed by atoms with Gasteiger partial charge < -0.3 is 5.73 Å². The third-order valence-electron chi connectivity index (χ3n) is 2.13. The van der Waals surface area contributed by atoms with E-state index in [4.69, 9.17) is 5.73 Å². The Bertz CT molecular complexity index is 366. The van der Waals surface area contributed by atoms with Crippen molar-refractivity contribution >= 4 is 0 Å². The van der Waals surface area contributed by atoms with Crippen molar-refractivity contribution in [2.75, 3.05) is 6.54 Å². The van der Waals surface area contributed by atoms with Crippen molar-refractivity contribution in [1.82, 2.24) is 9.78 Å². The molecular formula is C12H19N3. The van der Waals surface area contributed by atoms with Crippen LogP contribution in [0.15, 0.2) is 6.20 Å². The molecule has 15 heavy (non-hydrogen) atoms. The summed E-state index contributed by atoms with van der Waals surface area (Å²) in [7, 11) is 1.93. The monoisotopic (exact) mass is 205 g/mol. The van der Waals surface area contributed by atoms with E-state index in [9.17, 15) is 0 Å². The Labute approximate surface area is 91.7 Å². The van der Waals surface area contributed by atoms with Gasteiger partial charge in [0.1, 0.15) is 0 Å². The quantitative estimate of drug-likeness (QED) is 0.602. The van der Waals surface area contributed by atoms with Gasteiger partial charge in [0.15, 0.2) is 0 Å². The maximum atomic E-state index is 5.41. The number of rotatable bonds is 3. The van der Waals surface area contributed by atoms with E-state index in [0.29, 0.717) is 12.5 Å². The third kappa shape index (κ3) is 3.41. The summed E-state index contributed by atoms with van der Waals surface area (Å²) in [4.78, 5) is 0. The number of unbranched alkanes of at least 4 members (excludes halogenated alkanes) is 1. The highest BCUT2D eigenvalue weighted by molar-refractivity contribution is 5.37. The maximum Gasteiger partial charge on any atom is 0.0806 e. The Morgan fingerprint density at radius 3 is 2.87 bits per heavy atom. The zero-order valence-electron chi connectivity index (χ0n) is 9.75. The van der Waals surface area contributed by atoms with E-state index < -0.39 is 0 Å². The molecule has 3 nitrogen and oxygen atoms in total. The smallest absolute Gasteiger partial charge is 0.0806 e. The summed E-state index contributed by atoms with van der Waals surface area (Å²) in [5, 5.41) is 4.40. The van der Waals surface area contributed by atoms with E-state index in [-0.39, 0.29) is 0 Å². The second-order valence-corrected chi connectivity index (χ2v) is 3.95. The van der Waals surface area contributed by atoms with Gasteiger partial charge in [-0.15, -0.1) is 0 Å². The molecule has 1 heterocycles. The summed E-state index contributed by atoms with van der Waals surface area (Å²) in [5.41, 5.74) is 7.53. The summed E-state index contributed by atoms with van der Waals surface area (Å²) in [5.74, 6) is 6.71. The standard InChI is InChI=1S/C12H19N3/c1-10(2)12-11(9-15(3)14-12)7-5-4-6-8-13/h9-10H,4,6,8,13H2,1-3H3. The predicted molar refractivity (Wildman–Crippen MR) is 62.5 cm³/mol. The minimum atomic E-state index is 0.421. The second kappa shape index (κ2) is 5.57. The molecule has 0 aromatic carbocycles. The van der Waals surface area contributed by atoms with Crippen LogP contribution in [0.5, 0.6) is 0 Å². The van der Waals surface area contributed by atoms with Gasteiger partial charge in [-0.3, -0.25) is 4.68 Å². The van der Waals surface area contributed by atoms with Crippen molar-refractivity contribution in [3.05, 3.63) is 17.5 Å². The van der Waals surface area contributed by atoms with Crippen LogP contribution in [0.4, 0.5) is 0 Å². The van der Waals surface area contributed by atoms with Crippen molar-refractivity contribution < 1.29 is 0 Å². The van der Waals surface area contributed by atoms with Crippen LogP contribution in [0.25, 0.3) is 0 Å². The Morgan fingerprint density at radius 1 is 1.53 bits per heavy atom. The van der Waals surface area contributed by atoms with Crippen molar-refractivity contribution in [3.8, 4) is 11.8 Å². The average Bonchev–Trinajstić information content (AvgIpc) is 2.55. The van der Waals surface area contributed by atoms with Gasteiger partial charge in [0, 0.05) is 19.7 Å². The van der Waals surface area contributed by atoms with E-state index in [1.165, 1.54) is 0 Å². The van der Waals surface area contributed by atoms with Crippen LogP contribution in [0.3, 0.4) is 0 Å². The van der Waals surface area contributed by atoms with Crippen molar-refractivity contribution in [2.45, 2.75) is 32.6 Å². The van der Waals surface area contributed by atoms with Crippen LogP contribution >= 0.6 is 0 Å². The Kier molecular flexibility index (Phi) is 4.38. The molecule has 1 aromatic rings. The highest BCUT2D eigenvalue weighted by Gasteiger charge is 2.08. The third-order valence-corrected chi connectivity index (χ3v) is 2.13. The molecule has 0 spiro atoms. The van der Waals surface area contributed by atoms with Crippen LogP contribution in [-0.4, -0.2) is 16.3 Å². The van der Waals surface area contributed by atoms with Gasteiger partial charge in [-0.1, -0.05) is 25.7 Å². The van der Waals surface area contributed by atoms with E-state index in [1.807, 2.05) is 17.9 Å². The van der Waals surface area contributed by atoms with Gasteiger partial charge in [-0.05, 0) is 18.9 Å². The molecule has 0 amide bonds. The van der Waals surface area contributed by atoms with Gasteiger partial charge in [0.25, 0.3) is 0 Å². The number of aromatic nitrogens is 2. The highest BCUT2D eigenvalue weighted by Crippen LogP contribution is 2.15. The molecule has 0 saturated carbocycles. The number of hydrogen-bond acceptors (Lipinski definition) is 2. The molecule has 3 heteroatoms. The van der Waals surface area contributed by atoms with E-state index >= 15 is 0 Å². The van der Waals surface area contributed by atoms with E-state index in [0.717, 1.165) is 24.1 Å². The normalized spacial score (nSPS) is 10.2. The van der Waals surface area contributed by atoms with Crippen LogP contribution < -0.4 is 5.73 Å². The topological polar surface area (TPSA) is 43.8 Å². The van der Waals surface area contributed by atoms with E-state index in [1.54, 1.807) is 0 Å². The Hall–Kier alpha value is -1.27. The molecule has 1 rings (SSSR count). The minimum Gasteiger partial charge on any atom is -0.330 e. The lowest BCUT2D eigenvalue weighted by atomic mass is 10.1. The van der Waals surface area contributed by atoms with Crippen LogP contribution in [0.2, 0.25) is 0 Å². The Balaban J connectivity index is 2.78. The molecule has 0 unspecified atom stereocenters. The van der Waals surface area contributed by atoms with Gasteiger partial charge in [0.05, 0.1) is 11.3 Å². The fourth-order valence-electron chi connectivity index (χ4n) is 1.38. The molecular weight excluding hydrogens is 186 g/mol. The first-order chi connectivity index (χ1) is 7.15. The molecule has 0 aliphatic heterocycles. The lowest BCUT2D eigenvalue weighted by molar-refractivity contribution is 0.713. The Morgan fingerprint density at radius 2 is 2.27 bits per heavy atom. The molecule has 82 valence electrons. The second-order valence-electron chi connectivity index (χ2n) is 3.95. The molecule has 0 saturated heterocycles. The van der Waals surface area contributed by atoms with Gasteiger partial charge in [-0.25, -0.2) is 0 Å². The van der Waals surface area contributed by atoms with Crippen molar-refractivity contribution in [3.63, 3.8) is 0 Å². The first kappa shape index (κ1) is 11.8. The average molecular weight is 205 g/mol. The zero-order valence-corrected chi connectivity index (χ0v) is 9.75. The van der Waals surface area contributed by atoms with E-state index in [2.05, 4.69) is 30.8 Å². The van der Waals surface area contributed by atoms with Gasteiger partial charge >= 0.3 is 0 Å². The fourth-order valence-corrected chi connectivity index (χ4v) is 1.38. The van der Waals surface area contributed by atoms with Crippen molar-refractivity contribution in [2.24, 2.45) is 12.8 Å². The van der Waals surface area contributed by atoms with Crippen LogP contribution in [0, 0.1) is 11.8 Å². The number of aryl methyl sites for hydroxylation is 1. The summed E-state index contributed by atoms with van der Waals surface area (Å²) >= 11 is 0. The SMILES string of the molecule is CC(C)c1nn(C)cc1C#CCCCN. The number of nitrogens with two attached hydrogens (primary N) is 1. The molecule has 0 bridgehead atoms. The zero-order chi connectivity index (χ0) is 11.3. The predicted octanol–water partition coefficient (Wildman–Crippen LogP) is 1.63. The number of nitrogens with zero attached hydrogens (tertiary/aromatic N) is 2. The summed E-state index contributed by atoms with van der Waals surface area (Å²) < 4.78 is 1.82. The largest absolute Gasteiger partial charge is 0.330 e. The molecule has 0 fully saturated rings. The molecule has 0 aliphatic rings. The van der Waals surface area contributed by atoms with Crippen molar-refractivity contribution in [1.29, 1.82) is 0 Å². The molecule has 0 radical (unpaired) electrons. The summed E-state index contributed by atoms with van der Waals surface area (Å²) in [6, 6.07) is 0. The first-order valence-electron chi connectivity index (χ1n) is 5.37. The lowest BCUT2D eigenvalue weighted by Gasteiger charge is -1.98. The van der Waals surface area contributed by atoms with Gasteiger partial charge in [0.2, 0.25) is 0 Å². The summed E-state index contributed by atoms with van der Waals surface area (Å²) in [6.07, 6.45) is 3.80. The van der Waals surface area contributed by atoms with Crippen LogP contribution in [0.1, 0.15) is 43.9 Å². The van der Waals surface area contributed by atoms with Crippen LogP contribution in [-0.2, 0) is 7.05 Å².